The second-order valence-corrected chi connectivity index (χ2v) is 4.43. The molecule has 0 spiro atoms. The highest BCUT2D eigenvalue weighted by molar-refractivity contribution is 5.99. The van der Waals surface area contributed by atoms with Gasteiger partial charge in [0.1, 0.15) is 0 Å². The summed E-state index contributed by atoms with van der Waals surface area (Å²) in [4.78, 5) is 23.8. The van der Waals surface area contributed by atoms with Gasteiger partial charge in [-0.05, 0) is 6.07 Å². The highest BCUT2D eigenvalue weighted by atomic mass is 35.5. The van der Waals surface area contributed by atoms with Crippen LogP contribution in [0.5, 0.6) is 11.5 Å². The third kappa shape index (κ3) is 4.03. The van der Waals surface area contributed by atoms with Crippen molar-refractivity contribution in [1.82, 2.24) is 4.90 Å². The van der Waals surface area contributed by atoms with Gasteiger partial charge in [0, 0.05) is 24.7 Å². The Morgan fingerprint density at radius 3 is 2.52 bits per heavy atom. The first kappa shape index (κ1) is 17.2. The van der Waals surface area contributed by atoms with E-state index in [0.29, 0.717) is 26.3 Å². The molecular weight excluding hydrogens is 304 g/mol. The van der Waals surface area contributed by atoms with Crippen LogP contribution in [-0.2, 0) is 4.74 Å². The van der Waals surface area contributed by atoms with E-state index in [2.05, 4.69) is 0 Å². The van der Waals surface area contributed by atoms with E-state index < -0.39 is 22.1 Å². The Balaban J connectivity index is 0.00000220. The first-order chi connectivity index (χ1) is 9.49. The number of nitrogens with zero attached hydrogens (tertiary/aromatic N) is 2. The fourth-order valence-electron chi connectivity index (χ4n) is 1.96. The van der Waals surface area contributed by atoms with Crippen molar-refractivity contribution in [2.24, 2.45) is 0 Å². The zero-order valence-corrected chi connectivity index (χ0v) is 11.8. The average Bonchev–Trinajstić information content (AvgIpc) is 2.42. The van der Waals surface area contributed by atoms with Crippen LogP contribution in [0.15, 0.2) is 12.1 Å². The van der Waals surface area contributed by atoms with Gasteiger partial charge in [-0.2, -0.15) is 0 Å². The van der Waals surface area contributed by atoms with Gasteiger partial charge in [0.05, 0.1) is 24.7 Å². The molecule has 1 fully saturated rings. The second-order valence-electron chi connectivity index (χ2n) is 4.43. The Labute approximate surface area is 126 Å². The van der Waals surface area contributed by atoms with E-state index in [4.69, 9.17) is 4.74 Å². The Morgan fingerprint density at radius 2 is 1.95 bits per heavy atom. The Hall–Kier alpha value is -1.90. The lowest BCUT2D eigenvalue weighted by molar-refractivity contribution is -0.386. The Morgan fingerprint density at radius 1 is 1.33 bits per heavy atom. The number of Topliss-reactive ketones (excluding diaryl/α,β-unsaturated/α-hetero) is 1. The third-order valence-corrected chi connectivity index (χ3v) is 3.06. The lowest BCUT2D eigenvalue weighted by Gasteiger charge is -2.25. The molecule has 0 bridgehead atoms. The molecular formula is C12H15ClN2O6. The van der Waals surface area contributed by atoms with Crippen molar-refractivity contribution in [2.75, 3.05) is 32.8 Å². The molecule has 0 aliphatic carbocycles. The van der Waals surface area contributed by atoms with Gasteiger partial charge in [0.15, 0.2) is 11.5 Å². The molecule has 116 valence electrons. The first-order valence-corrected chi connectivity index (χ1v) is 6.02. The Bertz CT molecular complexity index is 545. The molecule has 1 aromatic rings. The van der Waals surface area contributed by atoms with Crippen LogP contribution >= 0.6 is 12.4 Å². The van der Waals surface area contributed by atoms with Crippen molar-refractivity contribution >= 4 is 23.9 Å². The van der Waals surface area contributed by atoms with Crippen LogP contribution in [0.2, 0.25) is 0 Å². The molecule has 1 heterocycles. The molecule has 0 saturated carbocycles. The minimum absolute atomic E-state index is 0. The summed E-state index contributed by atoms with van der Waals surface area (Å²) in [6.45, 7) is 2.38. The monoisotopic (exact) mass is 318 g/mol. The molecule has 0 aromatic heterocycles. The molecule has 1 aromatic carbocycles. The molecule has 21 heavy (non-hydrogen) atoms. The summed E-state index contributed by atoms with van der Waals surface area (Å²) in [5.74, 6) is -1.87. The molecule has 0 unspecified atom stereocenters. The zero-order valence-electron chi connectivity index (χ0n) is 11.0. The van der Waals surface area contributed by atoms with E-state index in [-0.39, 0.29) is 30.3 Å². The standard InChI is InChI=1S/C12H14N2O6.ClH/c15-10-6-8(5-9(12(10)17)14(18)19)11(16)7-13-1-3-20-4-2-13;/h5-6,15,17H,1-4,7H2;1H. The number of aromatic hydroxyl groups is 2. The van der Waals surface area contributed by atoms with Crippen LogP contribution < -0.4 is 0 Å². The number of hydrogen-bond donors (Lipinski definition) is 2. The fourth-order valence-corrected chi connectivity index (χ4v) is 1.96. The molecule has 8 nitrogen and oxygen atoms in total. The molecule has 1 saturated heterocycles. The molecule has 1 aliphatic heterocycles. The van der Waals surface area contributed by atoms with E-state index in [1.54, 1.807) is 0 Å². The van der Waals surface area contributed by atoms with Crippen LogP contribution in [0.1, 0.15) is 10.4 Å². The minimum atomic E-state index is -0.847. The second kappa shape index (κ2) is 7.21. The molecule has 2 rings (SSSR count). The summed E-state index contributed by atoms with van der Waals surface area (Å²) in [5.41, 5.74) is -0.686. The predicted octanol–water partition coefficient (Wildman–Crippen LogP) is 0.943. The number of nitro groups is 1. The number of benzene rings is 1. The summed E-state index contributed by atoms with van der Waals surface area (Å²) < 4.78 is 5.16. The smallest absolute Gasteiger partial charge is 0.315 e. The van der Waals surface area contributed by atoms with Crippen LogP contribution in [0.3, 0.4) is 0 Å². The van der Waals surface area contributed by atoms with Gasteiger partial charge in [-0.3, -0.25) is 19.8 Å². The van der Waals surface area contributed by atoms with E-state index in [0.717, 1.165) is 12.1 Å². The van der Waals surface area contributed by atoms with Crippen LogP contribution in [-0.4, -0.2) is 58.7 Å². The zero-order chi connectivity index (χ0) is 14.7. The van der Waals surface area contributed by atoms with Gasteiger partial charge in [-0.1, -0.05) is 0 Å². The lowest BCUT2D eigenvalue weighted by Crippen LogP contribution is -2.39. The predicted molar refractivity (Wildman–Crippen MR) is 75.3 cm³/mol. The fraction of sp³-hybridized carbons (Fsp3) is 0.417. The number of rotatable bonds is 4. The van der Waals surface area contributed by atoms with E-state index in [1.165, 1.54) is 0 Å². The summed E-state index contributed by atoms with van der Waals surface area (Å²) in [6, 6.07) is 2.00. The molecule has 2 N–H and O–H groups in total. The molecule has 1 aliphatic rings. The lowest BCUT2D eigenvalue weighted by atomic mass is 10.1. The van der Waals surface area contributed by atoms with E-state index in [1.807, 2.05) is 4.90 Å². The summed E-state index contributed by atoms with van der Waals surface area (Å²) >= 11 is 0. The number of morpholine rings is 1. The van der Waals surface area contributed by atoms with Gasteiger partial charge in [-0.15, -0.1) is 12.4 Å². The number of ketones is 1. The Kier molecular flexibility index (Phi) is 5.89. The summed E-state index contributed by atoms with van der Waals surface area (Å²) in [7, 11) is 0. The quantitative estimate of drug-likeness (QED) is 0.367. The molecule has 0 radical (unpaired) electrons. The van der Waals surface area contributed by atoms with Crippen molar-refractivity contribution in [3.05, 3.63) is 27.8 Å². The topological polar surface area (TPSA) is 113 Å². The maximum atomic E-state index is 12.1. The average molecular weight is 319 g/mol. The highest BCUT2D eigenvalue weighted by Gasteiger charge is 2.23. The highest BCUT2D eigenvalue weighted by Crippen LogP contribution is 2.36. The largest absolute Gasteiger partial charge is 0.504 e. The first-order valence-electron chi connectivity index (χ1n) is 6.02. The van der Waals surface area contributed by atoms with Gasteiger partial charge in [0.2, 0.25) is 5.75 Å². The van der Waals surface area contributed by atoms with Gasteiger partial charge in [0.25, 0.3) is 0 Å². The van der Waals surface area contributed by atoms with Gasteiger partial charge >= 0.3 is 5.69 Å². The third-order valence-electron chi connectivity index (χ3n) is 3.06. The number of phenolic OH excluding ortho intramolecular Hbond substituents is 2. The summed E-state index contributed by atoms with van der Waals surface area (Å²) in [6.07, 6.45) is 0. The van der Waals surface area contributed by atoms with Gasteiger partial charge < -0.3 is 14.9 Å². The van der Waals surface area contributed by atoms with Crippen molar-refractivity contribution in [1.29, 1.82) is 0 Å². The van der Waals surface area contributed by atoms with E-state index in [9.17, 15) is 25.1 Å². The van der Waals surface area contributed by atoms with Crippen molar-refractivity contribution in [2.45, 2.75) is 0 Å². The molecule has 0 amide bonds. The maximum absolute atomic E-state index is 12.1. The normalized spacial score (nSPS) is 15.2. The van der Waals surface area contributed by atoms with Crippen LogP contribution in [0.25, 0.3) is 0 Å². The molecule has 9 heteroatoms. The maximum Gasteiger partial charge on any atom is 0.315 e. The number of phenols is 2. The number of carbonyl (C=O) groups excluding carboxylic acids is 1. The summed E-state index contributed by atoms with van der Waals surface area (Å²) in [5, 5.41) is 29.5. The number of ether oxygens (including phenoxy) is 1. The van der Waals surface area contributed by atoms with Gasteiger partial charge in [-0.25, -0.2) is 0 Å². The number of carbonyl (C=O) groups is 1. The number of hydrogen-bond acceptors (Lipinski definition) is 7. The SMILES string of the molecule is Cl.O=C(CN1CCOCC1)c1cc(O)c(O)c([N+](=O)[O-])c1. The molecule has 0 atom stereocenters. The van der Waals surface area contributed by atoms with Crippen molar-refractivity contribution in [3.63, 3.8) is 0 Å². The van der Waals surface area contributed by atoms with Crippen molar-refractivity contribution in [3.8, 4) is 11.5 Å². The number of nitro benzene ring substituents is 1. The van der Waals surface area contributed by atoms with Crippen LogP contribution in [0, 0.1) is 10.1 Å². The van der Waals surface area contributed by atoms with E-state index >= 15 is 0 Å². The van der Waals surface area contributed by atoms with Crippen molar-refractivity contribution < 1.29 is 24.7 Å². The van der Waals surface area contributed by atoms with Crippen LogP contribution in [0.4, 0.5) is 5.69 Å². The number of halogens is 1. The minimum Gasteiger partial charge on any atom is -0.504 e.